The number of hydrogen-bond donors (Lipinski definition) is 1. The summed E-state index contributed by atoms with van der Waals surface area (Å²) in [5.41, 5.74) is 7.73. The Labute approximate surface area is 125 Å². The predicted molar refractivity (Wildman–Crippen MR) is 87.4 cm³/mol. The van der Waals surface area contributed by atoms with Gasteiger partial charge in [-0.2, -0.15) is 0 Å². The van der Waals surface area contributed by atoms with Gasteiger partial charge in [0.15, 0.2) is 0 Å². The SMILES string of the molecule is C1=C(c2ccc3c(c2)c2c4n3CCNC4CCC2)CCC1. The summed E-state index contributed by atoms with van der Waals surface area (Å²) in [7, 11) is 0. The number of nitrogens with zero attached hydrogens (tertiary/aromatic N) is 1. The van der Waals surface area contributed by atoms with Gasteiger partial charge in [0.25, 0.3) is 0 Å². The number of aromatic nitrogens is 1. The van der Waals surface area contributed by atoms with E-state index in [9.17, 15) is 0 Å². The zero-order valence-corrected chi connectivity index (χ0v) is 12.5. The fourth-order valence-electron chi connectivity index (χ4n) is 4.65. The van der Waals surface area contributed by atoms with Crippen LogP contribution < -0.4 is 5.32 Å². The normalized spacial score (nSPS) is 24.2. The lowest BCUT2D eigenvalue weighted by Gasteiger charge is -2.31. The zero-order valence-electron chi connectivity index (χ0n) is 12.5. The first-order chi connectivity index (χ1) is 10.4. The largest absolute Gasteiger partial charge is 0.342 e. The minimum absolute atomic E-state index is 0.601. The van der Waals surface area contributed by atoms with Crippen LogP contribution in [0.25, 0.3) is 16.5 Å². The van der Waals surface area contributed by atoms with Crippen LogP contribution >= 0.6 is 0 Å². The lowest BCUT2D eigenvalue weighted by Crippen LogP contribution is -2.35. The molecule has 0 spiro atoms. The molecule has 0 bridgehead atoms. The summed E-state index contributed by atoms with van der Waals surface area (Å²) in [6.07, 6.45) is 10.2. The van der Waals surface area contributed by atoms with Crippen LogP contribution in [0, 0.1) is 0 Å². The number of benzene rings is 1. The van der Waals surface area contributed by atoms with Gasteiger partial charge in [-0.15, -0.1) is 0 Å². The van der Waals surface area contributed by atoms with E-state index < -0.39 is 0 Å². The van der Waals surface area contributed by atoms with E-state index in [0.717, 1.165) is 13.1 Å². The van der Waals surface area contributed by atoms with Crippen LogP contribution in [0.4, 0.5) is 0 Å². The van der Waals surface area contributed by atoms with Gasteiger partial charge in [0.2, 0.25) is 0 Å². The molecule has 5 rings (SSSR count). The number of allylic oxidation sites excluding steroid dienone is 2. The maximum absolute atomic E-state index is 3.72. The molecule has 3 aliphatic rings. The highest BCUT2D eigenvalue weighted by molar-refractivity contribution is 5.89. The van der Waals surface area contributed by atoms with Crippen molar-refractivity contribution in [3.05, 3.63) is 41.1 Å². The van der Waals surface area contributed by atoms with Gasteiger partial charge >= 0.3 is 0 Å². The third-order valence-electron chi connectivity index (χ3n) is 5.60. The molecular weight excluding hydrogens is 256 g/mol. The van der Waals surface area contributed by atoms with E-state index in [0.29, 0.717) is 6.04 Å². The maximum atomic E-state index is 3.72. The maximum Gasteiger partial charge on any atom is 0.0486 e. The van der Waals surface area contributed by atoms with Crippen LogP contribution in [0.5, 0.6) is 0 Å². The molecule has 0 saturated carbocycles. The lowest BCUT2D eigenvalue weighted by molar-refractivity contribution is 0.384. The van der Waals surface area contributed by atoms with Gasteiger partial charge in [-0.25, -0.2) is 0 Å². The number of hydrogen-bond acceptors (Lipinski definition) is 1. The molecule has 2 aliphatic carbocycles. The smallest absolute Gasteiger partial charge is 0.0486 e. The molecule has 1 aromatic heterocycles. The second-order valence-electron chi connectivity index (χ2n) is 6.77. The lowest BCUT2D eigenvalue weighted by atomic mass is 9.90. The molecule has 21 heavy (non-hydrogen) atoms. The van der Waals surface area contributed by atoms with Crippen molar-refractivity contribution in [2.75, 3.05) is 6.54 Å². The molecule has 108 valence electrons. The van der Waals surface area contributed by atoms with Gasteiger partial charge in [0.05, 0.1) is 0 Å². The van der Waals surface area contributed by atoms with Crippen molar-refractivity contribution in [1.82, 2.24) is 9.88 Å². The second-order valence-corrected chi connectivity index (χ2v) is 6.77. The summed E-state index contributed by atoms with van der Waals surface area (Å²) in [6, 6.07) is 7.81. The van der Waals surface area contributed by atoms with Gasteiger partial charge in [-0.3, -0.25) is 0 Å². The summed E-state index contributed by atoms with van der Waals surface area (Å²) in [5.74, 6) is 0. The second kappa shape index (κ2) is 4.48. The Morgan fingerprint density at radius 2 is 2.14 bits per heavy atom. The zero-order chi connectivity index (χ0) is 13.8. The van der Waals surface area contributed by atoms with Crippen LogP contribution in [0.1, 0.15) is 55.0 Å². The molecule has 2 heteroatoms. The quantitative estimate of drug-likeness (QED) is 0.827. The highest BCUT2D eigenvalue weighted by Gasteiger charge is 2.29. The summed E-state index contributed by atoms with van der Waals surface area (Å²) < 4.78 is 2.60. The molecule has 1 aliphatic heterocycles. The summed E-state index contributed by atoms with van der Waals surface area (Å²) in [4.78, 5) is 0. The minimum atomic E-state index is 0.601. The van der Waals surface area contributed by atoms with Crippen molar-refractivity contribution in [3.8, 4) is 0 Å². The Kier molecular flexibility index (Phi) is 2.57. The van der Waals surface area contributed by atoms with Crippen LogP contribution in [-0.2, 0) is 13.0 Å². The van der Waals surface area contributed by atoms with Crippen molar-refractivity contribution >= 4 is 16.5 Å². The molecular formula is C19H22N2. The van der Waals surface area contributed by atoms with E-state index in [-0.39, 0.29) is 0 Å². The predicted octanol–water partition coefficient (Wildman–Crippen LogP) is 4.19. The number of rotatable bonds is 1. The fraction of sp³-hybridized carbons (Fsp3) is 0.474. The van der Waals surface area contributed by atoms with E-state index in [1.807, 2.05) is 0 Å². The summed E-state index contributed by atoms with van der Waals surface area (Å²) in [6.45, 7) is 2.25. The van der Waals surface area contributed by atoms with Gasteiger partial charge in [-0.1, -0.05) is 12.1 Å². The molecule has 0 saturated heterocycles. The highest BCUT2D eigenvalue weighted by atomic mass is 15.1. The van der Waals surface area contributed by atoms with Crippen molar-refractivity contribution in [3.63, 3.8) is 0 Å². The Morgan fingerprint density at radius 3 is 3.05 bits per heavy atom. The Hall–Kier alpha value is -1.54. The van der Waals surface area contributed by atoms with E-state index in [1.165, 1.54) is 55.0 Å². The number of aryl methyl sites for hydroxylation is 1. The van der Waals surface area contributed by atoms with Gasteiger partial charge in [0.1, 0.15) is 0 Å². The van der Waals surface area contributed by atoms with Crippen molar-refractivity contribution in [2.45, 2.75) is 51.1 Å². The van der Waals surface area contributed by atoms with Crippen molar-refractivity contribution < 1.29 is 0 Å². The van der Waals surface area contributed by atoms with E-state index >= 15 is 0 Å². The van der Waals surface area contributed by atoms with Gasteiger partial charge in [0, 0.05) is 35.7 Å². The molecule has 1 atom stereocenters. The molecule has 0 fully saturated rings. The Morgan fingerprint density at radius 1 is 1.14 bits per heavy atom. The fourth-order valence-corrected chi connectivity index (χ4v) is 4.65. The highest BCUT2D eigenvalue weighted by Crippen LogP contribution is 2.40. The monoisotopic (exact) mass is 278 g/mol. The van der Waals surface area contributed by atoms with Crippen LogP contribution in [0.3, 0.4) is 0 Å². The first kappa shape index (κ1) is 12.0. The van der Waals surface area contributed by atoms with Crippen molar-refractivity contribution in [2.24, 2.45) is 0 Å². The molecule has 2 nitrogen and oxygen atoms in total. The molecule has 0 radical (unpaired) electrons. The molecule has 2 aromatic rings. The number of nitrogens with one attached hydrogen (secondary N) is 1. The van der Waals surface area contributed by atoms with Gasteiger partial charge < -0.3 is 9.88 Å². The topological polar surface area (TPSA) is 17.0 Å². The third kappa shape index (κ3) is 1.69. The van der Waals surface area contributed by atoms with Crippen LogP contribution in [-0.4, -0.2) is 11.1 Å². The van der Waals surface area contributed by atoms with Crippen LogP contribution in [0.15, 0.2) is 24.3 Å². The Bertz CT molecular complexity index is 749. The molecule has 0 amide bonds. The molecule has 2 heterocycles. The van der Waals surface area contributed by atoms with Crippen LogP contribution in [0.2, 0.25) is 0 Å². The number of fused-ring (bicyclic) bond motifs is 3. The minimum Gasteiger partial charge on any atom is -0.342 e. The first-order valence-electron chi connectivity index (χ1n) is 8.49. The van der Waals surface area contributed by atoms with Gasteiger partial charge in [-0.05, 0) is 67.4 Å². The molecule has 1 N–H and O–H groups in total. The molecule has 1 unspecified atom stereocenters. The summed E-state index contributed by atoms with van der Waals surface area (Å²) in [5, 5.41) is 5.25. The van der Waals surface area contributed by atoms with Crippen molar-refractivity contribution in [1.29, 1.82) is 0 Å². The average Bonchev–Trinajstić information content (AvgIpc) is 3.16. The molecule has 1 aromatic carbocycles. The standard InChI is InChI=1S/C19H22N2/c1-2-5-13(4-1)14-8-9-18-16(12-14)15-6-3-7-17-19(15)21(18)11-10-20-17/h4,8-9,12,17,20H,1-3,5-7,10-11H2. The van der Waals surface area contributed by atoms with E-state index in [2.05, 4.69) is 34.2 Å². The van der Waals surface area contributed by atoms with E-state index in [1.54, 1.807) is 16.8 Å². The average molecular weight is 278 g/mol. The van der Waals surface area contributed by atoms with E-state index in [4.69, 9.17) is 0 Å². The third-order valence-corrected chi connectivity index (χ3v) is 5.60. The summed E-state index contributed by atoms with van der Waals surface area (Å²) >= 11 is 0. The Balaban J connectivity index is 1.75. The first-order valence-corrected chi connectivity index (χ1v) is 8.49.